The quantitative estimate of drug-likeness (QED) is 0.449. The van der Waals surface area contributed by atoms with Gasteiger partial charge in [-0.2, -0.15) is 28.3 Å². The lowest BCUT2D eigenvalue weighted by Crippen LogP contribution is -2.35. The third kappa shape index (κ3) is 4.56. The molecule has 1 amide bonds. The number of para-hydroxylation sites is 1. The smallest absolute Gasteiger partial charge is 0.441 e. The molecule has 0 spiro atoms. The van der Waals surface area contributed by atoms with Crippen LogP contribution in [0.5, 0.6) is 5.75 Å². The second-order valence-electron chi connectivity index (χ2n) is 7.52. The fraction of sp³-hybridized carbons (Fsp3) is 0.130. The highest BCUT2D eigenvalue weighted by molar-refractivity contribution is 8.27. The van der Waals surface area contributed by atoms with Crippen LogP contribution < -0.4 is 4.74 Å². The molecule has 7 nitrogen and oxygen atoms in total. The summed E-state index contributed by atoms with van der Waals surface area (Å²) in [5.41, 5.74) is 1.33. The van der Waals surface area contributed by atoms with Gasteiger partial charge in [-0.1, -0.05) is 29.8 Å². The topological polar surface area (TPSA) is 83.0 Å². The van der Waals surface area contributed by atoms with Gasteiger partial charge < -0.3 is 9.30 Å². The molecule has 3 aromatic rings. The number of carbonyl (C=O) groups excluding carboxylic acids is 1. The number of rotatable bonds is 5. The van der Waals surface area contributed by atoms with Gasteiger partial charge in [0.2, 0.25) is 10.2 Å². The SMILES string of the molecule is N=C1C(=Cc2cn(CCOc3ccc(Cl)cc3)c3ccccc23)C(=O)N=C2SC(C(F)(F)F)=NN12. The molecule has 1 aromatic heterocycles. The zero-order valence-corrected chi connectivity index (χ0v) is 19.3. The van der Waals surface area contributed by atoms with Crippen LogP contribution in [-0.4, -0.2) is 44.3 Å². The lowest BCUT2D eigenvalue weighted by atomic mass is 10.1. The summed E-state index contributed by atoms with van der Waals surface area (Å²) in [6.07, 6.45) is -1.44. The second-order valence-corrected chi connectivity index (χ2v) is 8.91. The summed E-state index contributed by atoms with van der Waals surface area (Å²) in [7, 11) is 0. The number of thioether (sulfide) groups is 1. The van der Waals surface area contributed by atoms with Crippen LogP contribution in [0.4, 0.5) is 13.2 Å². The molecule has 2 aliphatic rings. The van der Waals surface area contributed by atoms with Crippen molar-refractivity contribution >= 4 is 62.3 Å². The maximum absolute atomic E-state index is 13.1. The summed E-state index contributed by atoms with van der Waals surface area (Å²) in [5, 5.41) is 12.4. The van der Waals surface area contributed by atoms with Crippen LogP contribution >= 0.6 is 23.4 Å². The Morgan fingerprint density at radius 2 is 1.89 bits per heavy atom. The highest BCUT2D eigenvalue weighted by Gasteiger charge is 2.46. The minimum Gasteiger partial charge on any atom is -0.492 e. The summed E-state index contributed by atoms with van der Waals surface area (Å²) in [6, 6.07) is 14.5. The van der Waals surface area contributed by atoms with Crippen molar-refractivity contribution in [1.29, 1.82) is 5.41 Å². The number of benzene rings is 2. The van der Waals surface area contributed by atoms with Gasteiger partial charge in [0, 0.05) is 27.7 Å². The number of carbonyl (C=O) groups is 1. The molecule has 0 fully saturated rings. The van der Waals surface area contributed by atoms with E-state index < -0.39 is 23.0 Å². The van der Waals surface area contributed by atoms with E-state index in [1.54, 1.807) is 30.5 Å². The maximum Gasteiger partial charge on any atom is 0.441 e. The predicted octanol–water partition coefficient (Wildman–Crippen LogP) is 5.56. The lowest BCUT2D eigenvalue weighted by Gasteiger charge is -2.20. The average molecular weight is 518 g/mol. The van der Waals surface area contributed by atoms with Crippen LogP contribution in [0.3, 0.4) is 0 Å². The van der Waals surface area contributed by atoms with Crippen molar-refractivity contribution in [2.45, 2.75) is 12.7 Å². The van der Waals surface area contributed by atoms with Gasteiger partial charge in [0.1, 0.15) is 12.4 Å². The number of hydrogen-bond acceptors (Lipinski definition) is 5. The molecule has 0 atom stereocenters. The summed E-state index contributed by atoms with van der Waals surface area (Å²) < 4.78 is 46.9. The fourth-order valence-corrected chi connectivity index (χ4v) is 4.51. The van der Waals surface area contributed by atoms with Crippen molar-refractivity contribution in [2.75, 3.05) is 6.61 Å². The summed E-state index contributed by atoms with van der Waals surface area (Å²) >= 11 is 6.11. The monoisotopic (exact) mass is 517 g/mol. The van der Waals surface area contributed by atoms with Crippen LogP contribution in [0.25, 0.3) is 17.0 Å². The van der Waals surface area contributed by atoms with Crippen molar-refractivity contribution in [3.8, 4) is 5.75 Å². The highest BCUT2D eigenvalue weighted by Crippen LogP contribution is 2.35. The number of ether oxygens (including phenoxy) is 1. The van der Waals surface area contributed by atoms with Crippen molar-refractivity contribution in [3.05, 3.63) is 70.9 Å². The van der Waals surface area contributed by atoms with Gasteiger partial charge in [0.05, 0.1) is 12.1 Å². The molecule has 3 heterocycles. The van der Waals surface area contributed by atoms with Crippen molar-refractivity contribution < 1.29 is 22.7 Å². The number of aliphatic imine (C=N–C) groups is 1. The van der Waals surface area contributed by atoms with Crippen LogP contribution in [0.1, 0.15) is 5.56 Å². The minimum atomic E-state index is -4.70. The maximum atomic E-state index is 13.1. The molecule has 0 saturated carbocycles. The van der Waals surface area contributed by atoms with Gasteiger partial charge in [0.25, 0.3) is 5.91 Å². The molecule has 12 heteroatoms. The Morgan fingerprint density at radius 1 is 1.14 bits per heavy atom. The molecule has 0 radical (unpaired) electrons. The molecule has 0 unspecified atom stereocenters. The van der Waals surface area contributed by atoms with Gasteiger partial charge in [-0.15, -0.1) is 0 Å². The first-order valence-corrected chi connectivity index (χ1v) is 11.4. The van der Waals surface area contributed by atoms with Crippen molar-refractivity contribution in [1.82, 2.24) is 9.58 Å². The van der Waals surface area contributed by atoms with Crippen molar-refractivity contribution in [2.24, 2.45) is 10.1 Å². The van der Waals surface area contributed by atoms with Crippen LogP contribution in [0, 0.1) is 5.41 Å². The Balaban J connectivity index is 1.43. The predicted molar refractivity (Wildman–Crippen MR) is 130 cm³/mol. The number of aromatic nitrogens is 1. The Kier molecular flexibility index (Phi) is 5.89. The van der Waals surface area contributed by atoms with E-state index in [0.29, 0.717) is 29.5 Å². The van der Waals surface area contributed by atoms with E-state index in [9.17, 15) is 18.0 Å². The van der Waals surface area contributed by atoms with Crippen LogP contribution in [0.15, 0.2) is 70.4 Å². The van der Waals surface area contributed by atoms with E-state index >= 15 is 0 Å². The number of amides is 1. The molecule has 2 aromatic carbocycles. The van der Waals surface area contributed by atoms with E-state index in [1.165, 1.54) is 6.08 Å². The van der Waals surface area contributed by atoms with E-state index in [2.05, 4.69) is 10.1 Å². The molecule has 5 rings (SSSR count). The minimum absolute atomic E-state index is 0.151. The first-order chi connectivity index (χ1) is 16.7. The molecule has 178 valence electrons. The Labute approximate surface area is 206 Å². The summed E-state index contributed by atoms with van der Waals surface area (Å²) in [5.74, 6) is -0.588. The average Bonchev–Trinajstić information content (AvgIpc) is 3.40. The number of hydrazone groups is 1. The first-order valence-electron chi connectivity index (χ1n) is 10.2. The highest BCUT2D eigenvalue weighted by atomic mass is 35.5. The number of halogens is 4. The number of alkyl halides is 3. The molecule has 1 N–H and O–H groups in total. The largest absolute Gasteiger partial charge is 0.492 e. The van der Waals surface area contributed by atoms with Gasteiger partial charge in [0.15, 0.2) is 5.84 Å². The zero-order valence-electron chi connectivity index (χ0n) is 17.7. The second kappa shape index (κ2) is 8.90. The number of nitrogens with zero attached hydrogens (tertiary/aromatic N) is 4. The Bertz CT molecular complexity index is 1440. The first kappa shape index (κ1) is 23.2. The van der Waals surface area contributed by atoms with E-state index in [4.69, 9.17) is 21.7 Å². The van der Waals surface area contributed by atoms with Gasteiger partial charge in [-0.3, -0.25) is 10.2 Å². The molecular formula is C23H15ClF3N5O2S. The molecule has 0 bridgehead atoms. The number of fused-ring (bicyclic) bond motifs is 2. The summed E-state index contributed by atoms with van der Waals surface area (Å²) in [6.45, 7) is 0.848. The van der Waals surface area contributed by atoms with E-state index in [-0.39, 0.29) is 22.5 Å². The number of hydrogen-bond donors (Lipinski definition) is 1. The van der Waals surface area contributed by atoms with Crippen LogP contribution in [-0.2, 0) is 11.3 Å². The van der Waals surface area contributed by atoms with E-state index in [1.807, 2.05) is 28.8 Å². The molecular weight excluding hydrogens is 503 g/mol. The molecule has 0 saturated heterocycles. The lowest BCUT2D eigenvalue weighted by molar-refractivity contribution is -0.114. The van der Waals surface area contributed by atoms with Gasteiger partial charge in [-0.05, 0) is 48.2 Å². The number of amidine groups is 2. The Hall–Kier alpha value is -3.57. The number of nitrogens with one attached hydrogen (secondary N) is 1. The third-order valence-electron chi connectivity index (χ3n) is 5.23. The molecule has 0 aliphatic carbocycles. The van der Waals surface area contributed by atoms with Gasteiger partial charge in [-0.25, -0.2) is 0 Å². The fourth-order valence-electron chi connectivity index (χ4n) is 3.63. The standard InChI is InChI=1S/C23H15ClF3N5O2S/c24-14-5-7-15(8-6-14)34-10-9-31-12-13(16-3-1-2-4-18(16)31)11-17-19(28)32-22(29-20(17)33)35-21(30-32)23(25,26)27/h1-8,11-12,28H,9-10H2. The van der Waals surface area contributed by atoms with Crippen LogP contribution in [0.2, 0.25) is 5.02 Å². The zero-order chi connectivity index (χ0) is 24.7. The molecule has 2 aliphatic heterocycles. The Morgan fingerprint density at radius 3 is 2.63 bits per heavy atom. The molecule has 35 heavy (non-hydrogen) atoms. The van der Waals surface area contributed by atoms with Gasteiger partial charge >= 0.3 is 6.18 Å². The van der Waals surface area contributed by atoms with Crippen molar-refractivity contribution in [3.63, 3.8) is 0 Å². The summed E-state index contributed by atoms with van der Waals surface area (Å²) in [4.78, 5) is 16.3. The normalized spacial score (nSPS) is 17.1. The van der Waals surface area contributed by atoms with E-state index in [0.717, 1.165) is 15.9 Å². The third-order valence-corrected chi connectivity index (χ3v) is 6.44.